The Kier molecular flexibility index (Phi) is 5.59. The standard InChI is InChI=1S/C18H22Cl2N2O4/c1-17(2)7-11(23)8-18(3,4)22(17)14(24)9-26-16(25)12-5-10(19)6-13(20)15(12)21/h5-6H,7-9,21H2,1-4H3. The molecule has 0 spiro atoms. The average molecular weight is 401 g/mol. The molecule has 1 heterocycles. The van der Waals surface area contributed by atoms with Crippen molar-refractivity contribution < 1.29 is 19.1 Å². The molecule has 142 valence electrons. The monoisotopic (exact) mass is 400 g/mol. The number of ether oxygens (including phenoxy) is 1. The van der Waals surface area contributed by atoms with Gasteiger partial charge in [-0.15, -0.1) is 0 Å². The predicted octanol–water partition coefficient (Wildman–Crippen LogP) is 3.48. The third-order valence-corrected chi connectivity index (χ3v) is 4.89. The van der Waals surface area contributed by atoms with Crippen LogP contribution in [0, 0.1) is 0 Å². The third kappa shape index (κ3) is 4.13. The number of carbonyl (C=O) groups excluding carboxylic acids is 3. The second kappa shape index (κ2) is 7.08. The van der Waals surface area contributed by atoms with Crippen molar-refractivity contribution in [2.45, 2.75) is 51.6 Å². The molecule has 0 radical (unpaired) electrons. The molecule has 2 rings (SSSR count). The number of likely N-dealkylation sites (tertiary alicyclic amines) is 1. The number of anilines is 1. The van der Waals surface area contributed by atoms with Crippen LogP contribution in [-0.4, -0.2) is 40.2 Å². The minimum Gasteiger partial charge on any atom is -0.452 e. The molecule has 26 heavy (non-hydrogen) atoms. The molecule has 0 saturated carbocycles. The number of esters is 1. The van der Waals surface area contributed by atoms with Crippen LogP contribution >= 0.6 is 23.2 Å². The number of nitrogen functional groups attached to an aromatic ring is 1. The Labute approximate surface area is 162 Å². The predicted molar refractivity (Wildman–Crippen MR) is 100 cm³/mol. The van der Waals surface area contributed by atoms with E-state index in [0.717, 1.165) is 0 Å². The van der Waals surface area contributed by atoms with Crippen LogP contribution in [0.3, 0.4) is 0 Å². The first kappa shape index (κ1) is 20.5. The Morgan fingerprint density at radius 1 is 1.15 bits per heavy atom. The van der Waals surface area contributed by atoms with Crippen molar-refractivity contribution in [1.29, 1.82) is 0 Å². The number of hydrogen-bond acceptors (Lipinski definition) is 5. The Balaban J connectivity index is 2.15. The second-order valence-electron chi connectivity index (χ2n) is 7.67. The fourth-order valence-electron chi connectivity index (χ4n) is 3.70. The fourth-order valence-corrected chi connectivity index (χ4v) is 4.20. The number of nitrogens with two attached hydrogens (primary N) is 1. The molecule has 1 aromatic rings. The number of nitrogens with zero attached hydrogens (tertiary/aromatic N) is 1. The molecule has 1 saturated heterocycles. The Hall–Kier alpha value is -1.79. The van der Waals surface area contributed by atoms with Crippen molar-refractivity contribution in [3.63, 3.8) is 0 Å². The molecule has 1 aliphatic heterocycles. The van der Waals surface area contributed by atoms with E-state index in [2.05, 4.69) is 0 Å². The number of rotatable bonds is 3. The highest BCUT2D eigenvalue weighted by Crippen LogP contribution is 2.36. The molecule has 8 heteroatoms. The first-order valence-corrected chi connectivity index (χ1v) is 8.87. The minimum absolute atomic E-state index is 0.00245. The van der Waals surface area contributed by atoms with E-state index in [-0.39, 0.29) is 45.8 Å². The molecule has 0 aliphatic carbocycles. The van der Waals surface area contributed by atoms with E-state index in [0.29, 0.717) is 0 Å². The molecule has 0 aromatic heterocycles. The van der Waals surface area contributed by atoms with Gasteiger partial charge in [0.05, 0.1) is 16.3 Å². The summed E-state index contributed by atoms with van der Waals surface area (Å²) < 4.78 is 5.14. The summed E-state index contributed by atoms with van der Waals surface area (Å²) in [6.45, 7) is 6.81. The first-order chi connectivity index (χ1) is 11.8. The molecule has 2 N–H and O–H groups in total. The second-order valence-corrected chi connectivity index (χ2v) is 8.51. The molecule has 0 bridgehead atoms. The lowest BCUT2D eigenvalue weighted by Crippen LogP contribution is -2.63. The zero-order chi connectivity index (χ0) is 19.9. The van der Waals surface area contributed by atoms with E-state index in [1.54, 1.807) is 4.90 Å². The molecule has 6 nitrogen and oxygen atoms in total. The van der Waals surface area contributed by atoms with Crippen LogP contribution in [-0.2, 0) is 14.3 Å². The zero-order valence-corrected chi connectivity index (χ0v) is 16.7. The number of halogens is 2. The lowest BCUT2D eigenvalue weighted by Gasteiger charge is -2.51. The van der Waals surface area contributed by atoms with Gasteiger partial charge in [-0.25, -0.2) is 4.79 Å². The summed E-state index contributed by atoms with van der Waals surface area (Å²) in [4.78, 5) is 38.6. The molecule has 1 aliphatic rings. The Morgan fingerprint density at radius 3 is 2.23 bits per heavy atom. The summed E-state index contributed by atoms with van der Waals surface area (Å²) in [6, 6.07) is 2.75. The Morgan fingerprint density at radius 2 is 1.69 bits per heavy atom. The lowest BCUT2D eigenvalue weighted by atomic mass is 9.79. The van der Waals surface area contributed by atoms with Gasteiger partial charge >= 0.3 is 5.97 Å². The van der Waals surface area contributed by atoms with E-state index in [4.69, 9.17) is 33.7 Å². The van der Waals surface area contributed by atoms with Gasteiger partial charge in [-0.2, -0.15) is 0 Å². The van der Waals surface area contributed by atoms with E-state index >= 15 is 0 Å². The summed E-state index contributed by atoms with van der Waals surface area (Å²) in [6.07, 6.45) is 0.514. The van der Waals surface area contributed by atoms with Crippen molar-refractivity contribution >= 4 is 46.5 Å². The summed E-state index contributed by atoms with van der Waals surface area (Å²) in [5.41, 5.74) is 4.49. The van der Waals surface area contributed by atoms with Crippen molar-refractivity contribution in [2.24, 2.45) is 0 Å². The Bertz CT molecular complexity index is 755. The summed E-state index contributed by atoms with van der Waals surface area (Å²) in [7, 11) is 0. The maximum Gasteiger partial charge on any atom is 0.340 e. The average Bonchev–Trinajstić information content (AvgIpc) is 2.45. The van der Waals surface area contributed by atoms with Crippen LogP contribution in [0.2, 0.25) is 10.0 Å². The van der Waals surface area contributed by atoms with Gasteiger partial charge in [0.15, 0.2) is 6.61 Å². The number of Topliss-reactive ketones (excluding diaryl/α,β-unsaturated/α-hetero) is 1. The smallest absolute Gasteiger partial charge is 0.340 e. The maximum absolute atomic E-state index is 12.7. The molecular weight excluding hydrogens is 379 g/mol. The van der Waals surface area contributed by atoms with Crippen molar-refractivity contribution in [3.05, 3.63) is 27.7 Å². The highest BCUT2D eigenvalue weighted by Gasteiger charge is 2.47. The zero-order valence-electron chi connectivity index (χ0n) is 15.2. The number of ketones is 1. The van der Waals surface area contributed by atoms with Gasteiger partial charge in [-0.1, -0.05) is 23.2 Å². The largest absolute Gasteiger partial charge is 0.452 e. The number of hydrogen-bond donors (Lipinski definition) is 1. The van der Waals surface area contributed by atoms with E-state index in [1.165, 1.54) is 12.1 Å². The molecule has 0 atom stereocenters. The van der Waals surface area contributed by atoms with Crippen LogP contribution in [0.25, 0.3) is 0 Å². The van der Waals surface area contributed by atoms with Crippen LogP contribution in [0.15, 0.2) is 12.1 Å². The van der Waals surface area contributed by atoms with Gasteiger partial charge in [0.25, 0.3) is 5.91 Å². The normalized spacial score (nSPS) is 18.5. The first-order valence-electron chi connectivity index (χ1n) is 8.12. The van der Waals surface area contributed by atoms with E-state index in [9.17, 15) is 14.4 Å². The van der Waals surface area contributed by atoms with Gasteiger partial charge in [-0.05, 0) is 39.8 Å². The summed E-state index contributed by atoms with van der Waals surface area (Å²) in [5, 5.41) is 0.367. The van der Waals surface area contributed by atoms with Gasteiger partial charge in [0, 0.05) is 28.9 Å². The number of piperidine rings is 1. The lowest BCUT2D eigenvalue weighted by molar-refractivity contribution is -0.156. The van der Waals surface area contributed by atoms with E-state index < -0.39 is 23.7 Å². The van der Waals surface area contributed by atoms with Gasteiger partial charge in [0.1, 0.15) is 5.78 Å². The molecule has 1 fully saturated rings. The fraction of sp³-hybridized carbons (Fsp3) is 0.500. The highest BCUT2D eigenvalue weighted by atomic mass is 35.5. The minimum atomic E-state index is -0.788. The van der Waals surface area contributed by atoms with Gasteiger partial charge < -0.3 is 15.4 Å². The SMILES string of the molecule is CC1(C)CC(=O)CC(C)(C)N1C(=O)COC(=O)c1cc(Cl)cc(Cl)c1N. The molecule has 0 unspecified atom stereocenters. The quantitative estimate of drug-likeness (QED) is 0.619. The van der Waals surface area contributed by atoms with Gasteiger partial charge in [-0.3, -0.25) is 9.59 Å². The maximum atomic E-state index is 12.7. The third-order valence-electron chi connectivity index (χ3n) is 4.36. The van der Waals surface area contributed by atoms with Crippen molar-refractivity contribution in [1.82, 2.24) is 4.90 Å². The highest BCUT2D eigenvalue weighted by molar-refractivity contribution is 6.37. The molecular formula is C18H22Cl2N2O4. The van der Waals surface area contributed by atoms with Crippen molar-refractivity contribution in [2.75, 3.05) is 12.3 Å². The van der Waals surface area contributed by atoms with Crippen molar-refractivity contribution in [3.8, 4) is 0 Å². The van der Waals surface area contributed by atoms with Gasteiger partial charge in [0.2, 0.25) is 0 Å². The van der Waals surface area contributed by atoms with Crippen LogP contribution < -0.4 is 5.73 Å². The van der Waals surface area contributed by atoms with Crippen LogP contribution in [0.5, 0.6) is 0 Å². The summed E-state index contributed by atoms with van der Waals surface area (Å²) >= 11 is 11.8. The van der Waals surface area contributed by atoms with E-state index in [1.807, 2.05) is 27.7 Å². The number of amides is 1. The van der Waals surface area contributed by atoms with Crippen LogP contribution in [0.1, 0.15) is 50.9 Å². The molecule has 1 amide bonds. The number of benzene rings is 1. The summed E-state index contributed by atoms with van der Waals surface area (Å²) in [5.74, 6) is -1.07. The number of carbonyl (C=O) groups is 3. The topological polar surface area (TPSA) is 89.7 Å². The van der Waals surface area contributed by atoms with Crippen LogP contribution in [0.4, 0.5) is 5.69 Å². The molecule has 1 aromatic carbocycles.